The molecule has 94 valence electrons. The number of anilines is 1. The highest BCUT2D eigenvalue weighted by Gasteiger charge is 2.19. The van der Waals surface area contributed by atoms with Crippen LogP contribution in [0, 0.1) is 21.4 Å². The zero-order chi connectivity index (χ0) is 13.1. The van der Waals surface area contributed by atoms with Gasteiger partial charge in [-0.25, -0.2) is 0 Å². The Morgan fingerprint density at radius 3 is 2.61 bits per heavy atom. The summed E-state index contributed by atoms with van der Waals surface area (Å²) in [6, 6.07) is 6.34. The molecule has 0 amide bonds. The van der Waals surface area contributed by atoms with E-state index in [0.29, 0.717) is 24.6 Å². The Hall–Kier alpha value is -1.94. The van der Waals surface area contributed by atoms with Crippen LogP contribution in [0.15, 0.2) is 18.2 Å². The van der Waals surface area contributed by atoms with Gasteiger partial charge in [0.05, 0.1) is 4.92 Å². The van der Waals surface area contributed by atoms with E-state index in [9.17, 15) is 14.3 Å². The fourth-order valence-corrected chi connectivity index (χ4v) is 2.92. The van der Waals surface area contributed by atoms with Crippen molar-refractivity contribution in [1.82, 2.24) is 0 Å². The van der Waals surface area contributed by atoms with E-state index in [1.54, 1.807) is 6.07 Å². The van der Waals surface area contributed by atoms with Gasteiger partial charge in [0.2, 0.25) is 0 Å². The van der Waals surface area contributed by atoms with E-state index in [4.69, 9.17) is 5.26 Å². The largest absolute Gasteiger partial charge is 0.370 e. The fraction of sp³-hybridized carbons (Fsp3) is 0.364. The maximum absolute atomic E-state index is 11.2. The third-order valence-electron chi connectivity index (χ3n) is 2.84. The highest BCUT2D eigenvalue weighted by molar-refractivity contribution is 7.85. The maximum atomic E-state index is 11.2. The lowest BCUT2D eigenvalue weighted by Crippen LogP contribution is -2.37. The Kier molecular flexibility index (Phi) is 3.58. The van der Waals surface area contributed by atoms with Gasteiger partial charge < -0.3 is 4.90 Å². The van der Waals surface area contributed by atoms with Gasteiger partial charge in [0.25, 0.3) is 5.69 Å². The molecule has 1 aromatic rings. The molecule has 0 unspecified atom stereocenters. The van der Waals surface area contributed by atoms with Gasteiger partial charge in [0.1, 0.15) is 11.6 Å². The normalized spacial score (nSPS) is 16.3. The van der Waals surface area contributed by atoms with Crippen molar-refractivity contribution < 1.29 is 9.13 Å². The van der Waals surface area contributed by atoms with Crippen molar-refractivity contribution in [1.29, 1.82) is 5.26 Å². The van der Waals surface area contributed by atoms with Gasteiger partial charge in [-0.1, -0.05) is 0 Å². The van der Waals surface area contributed by atoms with E-state index in [1.807, 2.05) is 11.0 Å². The van der Waals surface area contributed by atoms with E-state index in [2.05, 4.69) is 0 Å². The molecule has 7 heteroatoms. The van der Waals surface area contributed by atoms with Gasteiger partial charge in [-0.15, -0.1) is 0 Å². The van der Waals surface area contributed by atoms with Gasteiger partial charge >= 0.3 is 0 Å². The molecule has 0 aliphatic carbocycles. The topological polar surface area (TPSA) is 87.2 Å². The number of benzene rings is 1. The van der Waals surface area contributed by atoms with Crippen LogP contribution in [0.1, 0.15) is 5.56 Å². The Morgan fingerprint density at radius 2 is 2.06 bits per heavy atom. The molecule has 0 aromatic heterocycles. The number of hydrogen-bond acceptors (Lipinski definition) is 5. The van der Waals surface area contributed by atoms with Crippen LogP contribution < -0.4 is 4.90 Å². The molecular weight excluding hydrogens is 254 g/mol. The Balaban J connectivity index is 2.28. The standard InChI is InChI=1S/C11H11N3O3S/c12-8-9-7-10(1-2-11(9)14(15)16)13-3-5-18(17)6-4-13/h1-2,7H,3-6H2. The van der Waals surface area contributed by atoms with Crippen molar-refractivity contribution in [2.45, 2.75) is 0 Å². The predicted molar refractivity (Wildman–Crippen MR) is 67.9 cm³/mol. The number of rotatable bonds is 2. The van der Waals surface area contributed by atoms with Crippen LogP contribution in [0.2, 0.25) is 0 Å². The van der Waals surface area contributed by atoms with Crippen molar-refractivity contribution in [3.05, 3.63) is 33.9 Å². The number of hydrogen-bond donors (Lipinski definition) is 0. The second kappa shape index (κ2) is 5.14. The monoisotopic (exact) mass is 265 g/mol. The first-order valence-corrected chi connectivity index (χ1v) is 6.89. The molecule has 1 saturated heterocycles. The van der Waals surface area contributed by atoms with Gasteiger partial charge in [0, 0.05) is 47.1 Å². The summed E-state index contributed by atoms with van der Waals surface area (Å²) in [4.78, 5) is 12.1. The summed E-state index contributed by atoms with van der Waals surface area (Å²) in [5.74, 6) is 1.19. The summed E-state index contributed by atoms with van der Waals surface area (Å²) in [6.07, 6.45) is 0. The zero-order valence-corrected chi connectivity index (χ0v) is 10.4. The molecule has 1 aliphatic rings. The molecule has 1 heterocycles. The van der Waals surface area contributed by atoms with Crippen molar-refractivity contribution in [3.63, 3.8) is 0 Å². The Bertz CT molecular complexity index is 543. The van der Waals surface area contributed by atoms with Crippen molar-refractivity contribution in [2.24, 2.45) is 0 Å². The van der Waals surface area contributed by atoms with Gasteiger partial charge in [-0.3, -0.25) is 14.3 Å². The molecule has 0 saturated carbocycles. The maximum Gasteiger partial charge on any atom is 0.287 e. The average Bonchev–Trinajstić information content (AvgIpc) is 2.38. The highest BCUT2D eigenvalue weighted by atomic mass is 32.2. The van der Waals surface area contributed by atoms with Gasteiger partial charge in [-0.2, -0.15) is 5.26 Å². The van der Waals surface area contributed by atoms with Crippen molar-refractivity contribution in [2.75, 3.05) is 29.5 Å². The SMILES string of the molecule is N#Cc1cc(N2CCS(=O)CC2)ccc1[N+](=O)[O-]. The minimum absolute atomic E-state index is 0.0594. The smallest absolute Gasteiger partial charge is 0.287 e. The molecule has 0 radical (unpaired) electrons. The molecule has 6 nitrogen and oxygen atoms in total. The summed E-state index contributed by atoms with van der Waals surface area (Å²) in [7, 11) is -0.768. The van der Waals surface area contributed by atoms with E-state index in [0.717, 1.165) is 5.69 Å². The van der Waals surface area contributed by atoms with Crippen molar-refractivity contribution in [3.8, 4) is 6.07 Å². The quantitative estimate of drug-likeness (QED) is 0.589. The second-order valence-electron chi connectivity index (χ2n) is 3.91. The molecule has 1 aromatic carbocycles. The van der Waals surface area contributed by atoms with Gasteiger partial charge in [-0.05, 0) is 12.1 Å². The first-order chi connectivity index (χ1) is 8.61. The molecule has 0 bridgehead atoms. The molecular formula is C11H11N3O3S. The Morgan fingerprint density at radius 1 is 1.39 bits per heavy atom. The summed E-state index contributed by atoms with van der Waals surface area (Å²) in [5, 5.41) is 19.6. The molecule has 0 spiro atoms. The van der Waals surface area contributed by atoms with Crippen LogP contribution in [-0.2, 0) is 10.8 Å². The average molecular weight is 265 g/mol. The molecule has 1 aliphatic heterocycles. The summed E-state index contributed by atoms with van der Waals surface area (Å²) in [6.45, 7) is 1.30. The zero-order valence-electron chi connectivity index (χ0n) is 9.54. The minimum atomic E-state index is -0.768. The number of nitro benzene ring substituents is 1. The summed E-state index contributed by atoms with van der Waals surface area (Å²) >= 11 is 0. The summed E-state index contributed by atoms with van der Waals surface area (Å²) in [5.41, 5.74) is 0.653. The van der Waals surface area contributed by atoms with Crippen LogP contribution in [0.3, 0.4) is 0 Å². The predicted octanol–water partition coefficient (Wildman–Crippen LogP) is 1.04. The van der Waals surface area contributed by atoms with E-state index >= 15 is 0 Å². The lowest BCUT2D eigenvalue weighted by Gasteiger charge is -2.28. The van der Waals surface area contributed by atoms with Crippen LogP contribution in [0.25, 0.3) is 0 Å². The van der Waals surface area contributed by atoms with Crippen molar-refractivity contribution >= 4 is 22.2 Å². The van der Waals surface area contributed by atoms with Crippen LogP contribution >= 0.6 is 0 Å². The first-order valence-electron chi connectivity index (χ1n) is 5.40. The molecule has 2 rings (SSSR count). The minimum Gasteiger partial charge on any atom is -0.370 e. The second-order valence-corrected chi connectivity index (χ2v) is 5.60. The van der Waals surface area contributed by atoms with Crippen LogP contribution in [-0.4, -0.2) is 33.7 Å². The first kappa shape index (κ1) is 12.5. The number of nitro groups is 1. The molecule has 1 fully saturated rings. The number of nitriles is 1. The highest BCUT2D eigenvalue weighted by Crippen LogP contribution is 2.25. The third-order valence-corrected chi connectivity index (χ3v) is 4.12. The molecule has 0 atom stereocenters. The lowest BCUT2D eigenvalue weighted by molar-refractivity contribution is -0.385. The molecule has 18 heavy (non-hydrogen) atoms. The van der Waals surface area contributed by atoms with E-state index < -0.39 is 15.7 Å². The van der Waals surface area contributed by atoms with E-state index in [1.165, 1.54) is 12.1 Å². The van der Waals surface area contributed by atoms with E-state index in [-0.39, 0.29) is 11.3 Å². The summed E-state index contributed by atoms with van der Waals surface area (Å²) < 4.78 is 11.2. The van der Waals surface area contributed by atoms with Crippen LogP contribution in [0.5, 0.6) is 0 Å². The van der Waals surface area contributed by atoms with Crippen LogP contribution in [0.4, 0.5) is 11.4 Å². The van der Waals surface area contributed by atoms with Gasteiger partial charge in [0.15, 0.2) is 0 Å². The lowest BCUT2D eigenvalue weighted by atomic mass is 10.1. The molecule has 0 N–H and O–H groups in total. The fourth-order valence-electron chi connectivity index (χ4n) is 1.87. The number of nitrogens with zero attached hydrogens (tertiary/aromatic N) is 3. The third kappa shape index (κ3) is 2.49. The Labute approximate surface area is 106 Å².